The number of hydrogen-bond donors (Lipinski definition) is 2. The predicted octanol–water partition coefficient (Wildman–Crippen LogP) is 5.47. The van der Waals surface area contributed by atoms with Gasteiger partial charge in [0.15, 0.2) is 0 Å². The number of amides is 1. The number of hydrogen-bond acceptors (Lipinski definition) is 1. The largest absolute Gasteiger partial charge is 0.358 e. The number of aromatic nitrogens is 1. The van der Waals surface area contributed by atoms with Gasteiger partial charge < -0.3 is 10.3 Å². The Labute approximate surface area is 153 Å². The highest BCUT2D eigenvalue weighted by Gasteiger charge is 2.28. The van der Waals surface area contributed by atoms with Gasteiger partial charge in [0.05, 0.1) is 11.3 Å². The summed E-state index contributed by atoms with van der Waals surface area (Å²) >= 11 is 6.23. The third-order valence-corrected chi connectivity index (χ3v) is 5.53. The van der Waals surface area contributed by atoms with Crippen LogP contribution in [0.3, 0.4) is 0 Å². The minimum Gasteiger partial charge on any atom is -0.358 e. The highest BCUT2D eigenvalue weighted by molar-refractivity contribution is 6.37. The molecule has 0 bridgehead atoms. The molecule has 2 aliphatic rings. The normalized spacial score (nSPS) is 17.8. The van der Waals surface area contributed by atoms with Crippen LogP contribution in [-0.4, -0.2) is 10.9 Å². The molecule has 0 radical (unpaired) electrons. The van der Waals surface area contributed by atoms with Gasteiger partial charge in [0, 0.05) is 22.0 Å². The fraction of sp³-hybridized carbons (Fsp3) is 0.381. The summed E-state index contributed by atoms with van der Waals surface area (Å²) in [7, 11) is 0. The molecular weight excluding hydrogens is 332 g/mol. The van der Waals surface area contributed by atoms with Gasteiger partial charge in [-0.25, -0.2) is 0 Å². The summed E-state index contributed by atoms with van der Waals surface area (Å²) in [6.45, 7) is 6.42. The van der Waals surface area contributed by atoms with Gasteiger partial charge in [-0.2, -0.15) is 0 Å². The lowest BCUT2D eigenvalue weighted by Crippen LogP contribution is -2.04. The molecule has 0 saturated heterocycles. The molecule has 4 heteroatoms. The summed E-state index contributed by atoms with van der Waals surface area (Å²) in [5, 5.41) is 3.65. The number of aryl methyl sites for hydroxylation is 2. The van der Waals surface area contributed by atoms with E-state index in [0.29, 0.717) is 16.5 Å². The first kappa shape index (κ1) is 16.5. The van der Waals surface area contributed by atoms with Crippen LogP contribution in [0.15, 0.2) is 12.1 Å². The van der Waals surface area contributed by atoms with Gasteiger partial charge in [-0.3, -0.25) is 4.79 Å². The quantitative estimate of drug-likeness (QED) is 0.690. The van der Waals surface area contributed by atoms with Crippen LogP contribution in [0.2, 0.25) is 5.02 Å². The minimum absolute atomic E-state index is 0.0531. The smallest absolute Gasteiger partial charge is 0.256 e. The fourth-order valence-electron chi connectivity index (χ4n) is 4.22. The maximum atomic E-state index is 12.6. The van der Waals surface area contributed by atoms with Crippen molar-refractivity contribution < 1.29 is 4.79 Å². The molecular formula is C21H23ClN2O. The van der Waals surface area contributed by atoms with Crippen molar-refractivity contribution in [1.82, 2.24) is 4.98 Å². The molecule has 1 aromatic heterocycles. The van der Waals surface area contributed by atoms with Crippen LogP contribution >= 0.6 is 11.6 Å². The molecule has 4 rings (SSSR count). The number of aromatic amines is 1. The highest BCUT2D eigenvalue weighted by atomic mass is 35.5. The first-order valence-electron chi connectivity index (χ1n) is 9.03. The molecule has 1 aliphatic carbocycles. The predicted molar refractivity (Wildman–Crippen MR) is 104 cm³/mol. The molecule has 0 saturated carbocycles. The van der Waals surface area contributed by atoms with E-state index in [1.54, 1.807) is 0 Å². The summed E-state index contributed by atoms with van der Waals surface area (Å²) in [6.07, 6.45) is 6.74. The number of carbonyl (C=O) groups excluding carboxylic acids is 1. The van der Waals surface area contributed by atoms with Crippen molar-refractivity contribution in [2.24, 2.45) is 0 Å². The van der Waals surface area contributed by atoms with E-state index < -0.39 is 0 Å². The monoisotopic (exact) mass is 354 g/mol. The third kappa shape index (κ3) is 2.71. The van der Waals surface area contributed by atoms with Crippen molar-refractivity contribution in [3.05, 3.63) is 50.8 Å². The zero-order chi connectivity index (χ0) is 17.7. The van der Waals surface area contributed by atoms with E-state index in [1.165, 1.54) is 29.7 Å². The maximum Gasteiger partial charge on any atom is 0.256 e. The Balaban J connectivity index is 1.88. The number of anilines is 1. The molecule has 1 aliphatic heterocycles. The van der Waals surface area contributed by atoms with Gasteiger partial charge in [0.25, 0.3) is 5.91 Å². The Kier molecular flexibility index (Phi) is 3.99. The van der Waals surface area contributed by atoms with E-state index in [0.717, 1.165) is 35.3 Å². The number of benzene rings is 1. The number of halogens is 1. The van der Waals surface area contributed by atoms with E-state index in [4.69, 9.17) is 11.6 Å². The van der Waals surface area contributed by atoms with Crippen molar-refractivity contribution in [2.75, 3.05) is 5.32 Å². The van der Waals surface area contributed by atoms with E-state index >= 15 is 0 Å². The number of carbonyl (C=O) groups is 1. The minimum atomic E-state index is -0.0531. The van der Waals surface area contributed by atoms with E-state index in [-0.39, 0.29) is 5.91 Å². The SMILES string of the molecule is Cc1cc(Cl)cc2c1NC(=O)C2=Cc1[nH]c2c(c1C(C)C)CCCC2. The first-order chi connectivity index (χ1) is 12.0. The molecule has 1 amide bonds. The van der Waals surface area contributed by atoms with Crippen molar-refractivity contribution >= 4 is 34.8 Å². The lowest BCUT2D eigenvalue weighted by atomic mass is 9.89. The Morgan fingerprint density at radius 2 is 1.96 bits per heavy atom. The van der Waals surface area contributed by atoms with E-state index in [2.05, 4.69) is 24.1 Å². The standard InChI is InChI=1S/C21H23ClN2O/c1-11(2)19-14-6-4-5-7-17(14)23-18(19)10-16-15-9-13(22)8-12(3)20(15)24-21(16)25/h8-11,23H,4-7H2,1-3H3,(H,24,25). The molecule has 2 heterocycles. The molecule has 3 nitrogen and oxygen atoms in total. The van der Waals surface area contributed by atoms with Crippen molar-refractivity contribution in [3.8, 4) is 0 Å². The van der Waals surface area contributed by atoms with Crippen LogP contribution in [0.25, 0.3) is 11.6 Å². The van der Waals surface area contributed by atoms with Crippen LogP contribution in [-0.2, 0) is 17.6 Å². The van der Waals surface area contributed by atoms with Crippen LogP contribution in [0.1, 0.15) is 66.2 Å². The average molecular weight is 355 g/mol. The topological polar surface area (TPSA) is 44.9 Å². The zero-order valence-electron chi connectivity index (χ0n) is 14.9. The summed E-state index contributed by atoms with van der Waals surface area (Å²) in [6, 6.07) is 3.77. The second-order valence-electron chi connectivity index (χ2n) is 7.43. The second kappa shape index (κ2) is 6.06. The van der Waals surface area contributed by atoms with Gasteiger partial charge in [0.2, 0.25) is 0 Å². The molecule has 25 heavy (non-hydrogen) atoms. The second-order valence-corrected chi connectivity index (χ2v) is 7.87. The van der Waals surface area contributed by atoms with Gasteiger partial charge in [-0.05, 0) is 73.4 Å². The summed E-state index contributed by atoms with van der Waals surface area (Å²) < 4.78 is 0. The van der Waals surface area contributed by atoms with E-state index in [1.807, 2.05) is 25.1 Å². The Hall–Kier alpha value is -2.00. The number of nitrogens with one attached hydrogen (secondary N) is 2. The fourth-order valence-corrected chi connectivity index (χ4v) is 4.49. The molecule has 2 N–H and O–H groups in total. The van der Waals surface area contributed by atoms with Gasteiger partial charge in [-0.1, -0.05) is 25.4 Å². The van der Waals surface area contributed by atoms with Crippen LogP contribution in [0.4, 0.5) is 5.69 Å². The van der Waals surface area contributed by atoms with Crippen LogP contribution in [0, 0.1) is 6.92 Å². The molecule has 1 aromatic carbocycles. The Morgan fingerprint density at radius 1 is 1.20 bits per heavy atom. The highest BCUT2D eigenvalue weighted by Crippen LogP contribution is 2.39. The summed E-state index contributed by atoms with van der Waals surface area (Å²) in [5.41, 5.74) is 8.73. The first-order valence-corrected chi connectivity index (χ1v) is 9.40. The Morgan fingerprint density at radius 3 is 2.72 bits per heavy atom. The lowest BCUT2D eigenvalue weighted by Gasteiger charge is -2.14. The zero-order valence-corrected chi connectivity index (χ0v) is 15.7. The molecule has 0 unspecified atom stereocenters. The van der Waals surface area contributed by atoms with Gasteiger partial charge >= 0.3 is 0 Å². The van der Waals surface area contributed by atoms with Crippen LogP contribution in [0.5, 0.6) is 0 Å². The van der Waals surface area contributed by atoms with Gasteiger partial charge in [-0.15, -0.1) is 0 Å². The Bertz CT molecular complexity index is 905. The molecule has 130 valence electrons. The number of rotatable bonds is 2. The number of H-pyrrole nitrogens is 1. The molecule has 0 fully saturated rings. The van der Waals surface area contributed by atoms with E-state index in [9.17, 15) is 4.79 Å². The third-order valence-electron chi connectivity index (χ3n) is 5.31. The van der Waals surface area contributed by atoms with Crippen molar-refractivity contribution in [1.29, 1.82) is 0 Å². The van der Waals surface area contributed by atoms with Crippen molar-refractivity contribution in [2.45, 2.75) is 52.4 Å². The average Bonchev–Trinajstić information content (AvgIpc) is 3.07. The molecule has 0 atom stereocenters. The summed E-state index contributed by atoms with van der Waals surface area (Å²) in [4.78, 5) is 16.2. The molecule has 0 spiro atoms. The molecule has 2 aromatic rings. The maximum absolute atomic E-state index is 12.6. The van der Waals surface area contributed by atoms with Crippen LogP contribution < -0.4 is 5.32 Å². The lowest BCUT2D eigenvalue weighted by molar-refractivity contribution is -0.110. The van der Waals surface area contributed by atoms with Crippen molar-refractivity contribution in [3.63, 3.8) is 0 Å². The summed E-state index contributed by atoms with van der Waals surface area (Å²) in [5.74, 6) is 0.373. The van der Waals surface area contributed by atoms with Gasteiger partial charge in [0.1, 0.15) is 0 Å². The number of fused-ring (bicyclic) bond motifs is 2.